The number of benzene rings is 1. The number of carbonyl (C=O) groups excluding carboxylic acids is 1. The first-order chi connectivity index (χ1) is 11.5. The van der Waals surface area contributed by atoms with Crippen molar-refractivity contribution in [3.63, 3.8) is 0 Å². The molecule has 0 fully saturated rings. The van der Waals surface area contributed by atoms with Gasteiger partial charge in [0.25, 0.3) is 0 Å². The second-order valence-electron chi connectivity index (χ2n) is 6.05. The molecule has 1 heterocycles. The van der Waals surface area contributed by atoms with Gasteiger partial charge in [0.2, 0.25) is 9.84 Å². The third-order valence-electron chi connectivity index (χ3n) is 2.92. The van der Waals surface area contributed by atoms with E-state index in [2.05, 4.69) is 5.32 Å². The Morgan fingerprint density at radius 2 is 1.76 bits per heavy atom. The molecule has 2 aromatic rings. The average molecular weight is 383 g/mol. The summed E-state index contributed by atoms with van der Waals surface area (Å²) in [6.07, 6.45) is -0.932. The van der Waals surface area contributed by atoms with Crippen LogP contribution in [-0.4, -0.2) is 31.2 Å². The Balaban J connectivity index is 2.50. The van der Waals surface area contributed by atoms with Gasteiger partial charge in [0, 0.05) is 5.38 Å². The Kier molecular flexibility index (Phi) is 5.19. The van der Waals surface area contributed by atoms with Gasteiger partial charge in [-0.1, -0.05) is 18.2 Å². The minimum Gasteiger partial charge on any atom is -0.477 e. The minimum atomic E-state index is -3.99. The highest BCUT2D eigenvalue weighted by Gasteiger charge is 2.29. The first-order valence-electron chi connectivity index (χ1n) is 7.17. The van der Waals surface area contributed by atoms with Gasteiger partial charge < -0.3 is 9.84 Å². The molecule has 2 N–H and O–H groups in total. The Morgan fingerprint density at radius 3 is 2.28 bits per heavy atom. The summed E-state index contributed by atoms with van der Waals surface area (Å²) in [4.78, 5) is 22.8. The molecule has 9 heteroatoms. The molecule has 1 aromatic carbocycles. The van der Waals surface area contributed by atoms with Crippen LogP contribution >= 0.6 is 11.3 Å². The second-order valence-corrected chi connectivity index (χ2v) is 8.85. The fraction of sp³-hybridized carbons (Fsp3) is 0.250. The van der Waals surface area contributed by atoms with Gasteiger partial charge in [-0.15, -0.1) is 11.3 Å². The van der Waals surface area contributed by atoms with E-state index in [1.54, 1.807) is 39.0 Å². The molecule has 2 rings (SSSR count). The third-order valence-corrected chi connectivity index (χ3v) is 5.83. The van der Waals surface area contributed by atoms with Crippen LogP contribution in [0, 0.1) is 0 Å². The lowest BCUT2D eigenvalue weighted by atomic mass is 10.2. The molecule has 0 saturated carbocycles. The van der Waals surface area contributed by atoms with Crippen LogP contribution in [0.3, 0.4) is 0 Å². The number of aromatic carboxylic acids is 1. The third kappa shape index (κ3) is 4.37. The van der Waals surface area contributed by atoms with Crippen LogP contribution in [0.5, 0.6) is 0 Å². The predicted molar refractivity (Wildman–Crippen MR) is 93.0 cm³/mol. The molecule has 0 radical (unpaired) electrons. The van der Waals surface area contributed by atoms with E-state index < -0.39 is 27.5 Å². The van der Waals surface area contributed by atoms with Gasteiger partial charge in [-0.3, -0.25) is 5.32 Å². The highest BCUT2D eigenvalue weighted by molar-refractivity contribution is 7.91. The first kappa shape index (κ1) is 18.9. The molecule has 1 amide bonds. The monoisotopic (exact) mass is 383 g/mol. The van der Waals surface area contributed by atoms with Crippen molar-refractivity contribution in [2.24, 2.45) is 0 Å². The summed E-state index contributed by atoms with van der Waals surface area (Å²) in [5.41, 5.74) is -1.11. The van der Waals surface area contributed by atoms with Crippen LogP contribution < -0.4 is 5.32 Å². The van der Waals surface area contributed by atoms with Gasteiger partial charge in [0.1, 0.15) is 15.4 Å². The van der Waals surface area contributed by atoms with E-state index in [-0.39, 0.29) is 20.4 Å². The lowest BCUT2D eigenvalue weighted by Gasteiger charge is -2.20. The van der Waals surface area contributed by atoms with Crippen molar-refractivity contribution in [3.05, 3.63) is 40.6 Å². The van der Waals surface area contributed by atoms with Crippen LogP contribution in [0.25, 0.3) is 0 Å². The zero-order valence-electron chi connectivity index (χ0n) is 13.8. The van der Waals surface area contributed by atoms with Crippen molar-refractivity contribution < 1.29 is 27.9 Å². The fourth-order valence-corrected chi connectivity index (χ4v) is 4.58. The summed E-state index contributed by atoms with van der Waals surface area (Å²) in [5.74, 6) is -1.34. The predicted octanol–water partition coefficient (Wildman–Crippen LogP) is 3.63. The summed E-state index contributed by atoms with van der Waals surface area (Å²) in [5, 5.41) is 12.7. The standard InChI is InChI=1S/C16H17NO6S2/c1-16(2,3)23-15(20)17-12-11(9-24-13(12)14(18)19)25(21,22)10-7-5-4-6-8-10/h4-9H,1-3H3,(H,17,20)(H,18,19). The molecular weight excluding hydrogens is 366 g/mol. The van der Waals surface area contributed by atoms with Crippen molar-refractivity contribution in [1.29, 1.82) is 0 Å². The molecule has 0 aliphatic rings. The molecule has 134 valence electrons. The Bertz CT molecular complexity index is 894. The van der Waals surface area contributed by atoms with E-state index in [1.165, 1.54) is 17.5 Å². The molecule has 7 nitrogen and oxygen atoms in total. The SMILES string of the molecule is CC(C)(C)OC(=O)Nc1c(S(=O)(=O)c2ccccc2)csc1C(=O)O. The number of amides is 1. The Labute approximate surface area is 149 Å². The molecule has 0 atom stereocenters. The molecule has 0 aliphatic heterocycles. The number of ether oxygens (including phenoxy) is 1. The average Bonchev–Trinajstić information content (AvgIpc) is 2.90. The number of nitrogens with one attached hydrogen (secondary N) is 1. The number of hydrogen-bond donors (Lipinski definition) is 2. The normalized spacial score (nSPS) is 11.8. The number of hydrogen-bond acceptors (Lipinski definition) is 6. The van der Waals surface area contributed by atoms with E-state index in [9.17, 15) is 23.1 Å². The number of rotatable bonds is 4. The number of carboxylic acid groups (broad SMARTS) is 1. The van der Waals surface area contributed by atoms with Crippen LogP contribution in [0.1, 0.15) is 30.4 Å². The van der Waals surface area contributed by atoms with Crippen molar-refractivity contribution >= 4 is 38.9 Å². The molecule has 0 aliphatic carbocycles. The summed E-state index contributed by atoms with van der Waals surface area (Å²) in [6, 6.07) is 7.56. The highest BCUT2D eigenvalue weighted by Crippen LogP contribution is 2.35. The smallest absolute Gasteiger partial charge is 0.412 e. The van der Waals surface area contributed by atoms with Crippen LogP contribution in [0.15, 0.2) is 45.5 Å². The van der Waals surface area contributed by atoms with Crippen molar-refractivity contribution in [2.45, 2.75) is 36.2 Å². The molecule has 0 bridgehead atoms. The maximum absolute atomic E-state index is 12.8. The summed E-state index contributed by atoms with van der Waals surface area (Å²) in [6.45, 7) is 4.92. The summed E-state index contributed by atoms with van der Waals surface area (Å²) < 4.78 is 30.6. The van der Waals surface area contributed by atoms with E-state index in [0.29, 0.717) is 11.3 Å². The topological polar surface area (TPSA) is 110 Å². The van der Waals surface area contributed by atoms with Crippen molar-refractivity contribution in [3.8, 4) is 0 Å². The van der Waals surface area contributed by atoms with Gasteiger partial charge in [-0.05, 0) is 32.9 Å². The maximum Gasteiger partial charge on any atom is 0.412 e. The van der Waals surface area contributed by atoms with Crippen molar-refractivity contribution in [2.75, 3.05) is 5.32 Å². The lowest BCUT2D eigenvalue weighted by Crippen LogP contribution is -2.28. The lowest BCUT2D eigenvalue weighted by molar-refractivity contribution is 0.0635. The quantitative estimate of drug-likeness (QED) is 0.834. The van der Waals surface area contributed by atoms with Gasteiger partial charge in [-0.25, -0.2) is 18.0 Å². The molecular formula is C16H17NO6S2. The summed E-state index contributed by atoms with van der Waals surface area (Å²) in [7, 11) is -3.99. The Hall–Kier alpha value is -2.39. The molecule has 0 unspecified atom stereocenters. The number of anilines is 1. The highest BCUT2D eigenvalue weighted by atomic mass is 32.2. The number of carboxylic acids is 1. The minimum absolute atomic E-state index is 0.00280. The fourth-order valence-electron chi connectivity index (χ4n) is 1.95. The zero-order chi connectivity index (χ0) is 18.8. The molecule has 1 aromatic heterocycles. The van der Waals surface area contributed by atoms with Crippen LogP contribution in [-0.2, 0) is 14.6 Å². The molecule has 0 saturated heterocycles. The van der Waals surface area contributed by atoms with Gasteiger partial charge >= 0.3 is 12.1 Å². The van der Waals surface area contributed by atoms with E-state index in [0.717, 1.165) is 0 Å². The van der Waals surface area contributed by atoms with Gasteiger partial charge in [-0.2, -0.15) is 0 Å². The Morgan fingerprint density at radius 1 is 1.16 bits per heavy atom. The van der Waals surface area contributed by atoms with E-state index in [4.69, 9.17) is 4.74 Å². The number of sulfone groups is 1. The number of thiophene rings is 1. The van der Waals surface area contributed by atoms with Gasteiger partial charge in [0.15, 0.2) is 0 Å². The second kappa shape index (κ2) is 6.85. The van der Waals surface area contributed by atoms with Crippen molar-refractivity contribution in [1.82, 2.24) is 0 Å². The van der Waals surface area contributed by atoms with E-state index >= 15 is 0 Å². The van der Waals surface area contributed by atoms with Crippen LogP contribution in [0.2, 0.25) is 0 Å². The summed E-state index contributed by atoms with van der Waals surface area (Å²) >= 11 is 0.717. The van der Waals surface area contributed by atoms with Crippen LogP contribution in [0.4, 0.5) is 10.5 Å². The number of carbonyl (C=O) groups is 2. The maximum atomic E-state index is 12.8. The van der Waals surface area contributed by atoms with E-state index in [1.807, 2.05) is 0 Å². The van der Waals surface area contributed by atoms with Gasteiger partial charge in [0.05, 0.1) is 10.6 Å². The molecule has 0 spiro atoms. The molecule has 25 heavy (non-hydrogen) atoms. The largest absolute Gasteiger partial charge is 0.477 e. The zero-order valence-corrected chi connectivity index (χ0v) is 15.4. The first-order valence-corrected chi connectivity index (χ1v) is 9.53.